The van der Waals surface area contributed by atoms with Crippen molar-refractivity contribution in [1.29, 1.82) is 0 Å². The van der Waals surface area contributed by atoms with Crippen molar-refractivity contribution in [3.63, 3.8) is 0 Å². The molecule has 0 aliphatic rings. The van der Waals surface area contributed by atoms with Crippen molar-refractivity contribution in [3.05, 3.63) is 28.2 Å². The molecule has 104 valence electrons. The molecule has 0 saturated heterocycles. The standard InChI is InChI=1S/C12H13Cl2NO4/c1-6(12(17)18)15-11(16)7(2)19-8-3-4-9(13)10(14)5-8/h3-7H,1-2H3,(H,15,16)(H,17,18)/t6-,7?/m1/s1. The Balaban J connectivity index is 2.63. The number of carboxylic acids is 1. The van der Waals surface area contributed by atoms with Crippen molar-refractivity contribution >= 4 is 35.1 Å². The van der Waals surface area contributed by atoms with Gasteiger partial charge >= 0.3 is 5.97 Å². The number of hydrogen-bond acceptors (Lipinski definition) is 3. The van der Waals surface area contributed by atoms with Crippen LogP contribution in [-0.4, -0.2) is 29.1 Å². The molecule has 1 aromatic rings. The minimum atomic E-state index is -1.12. The quantitative estimate of drug-likeness (QED) is 0.875. The van der Waals surface area contributed by atoms with Gasteiger partial charge in [-0.15, -0.1) is 0 Å². The molecule has 1 amide bonds. The van der Waals surface area contributed by atoms with E-state index in [0.717, 1.165) is 0 Å². The zero-order valence-corrected chi connectivity index (χ0v) is 11.8. The normalized spacial score (nSPS) is 13.5. The molecule has 0 heterocycles. The number of aliphatic carboxylic acids is 1. The first-order chi connectivity index (χ1) is 8.81. The summed E-state index contributed by atoms with van der Waals surface area (Å²) >= 11 is 11.6. The van der Waals surface area contributed by atoms with Crippen LogP contribution in [0.4, 0.5) is 0 Å². The highest BCUT2D eigenvalue weighted by Gasteiger charge is 2.20. The van der Waals surface area contributed by atoms with E-state index >= 15 is 0 Å². The first-order valence-electron chi connectivity index (χ1n) is 5.46. The summed E-state index contributed by atoms with van der Waals surface area (Å²) in [4.78, 5) is 22.3. The SMILES string of the molecule is CC(Oc1ccc(Cl)c(Cl)c1)C(=O)N[C@H](C)C(=O)O. The predicted molar refractivity (Wildman–Crippen MR) is 71.8 cm³/mol. The first-order valence-corrected chi connectivity index (χ1v) is 6.21. The molecular weight excluding hydrogens is 293 g/mol. The van der Waals surface area contributed by atoms with Gasteiger partial charge in [-0.25, -0.2) is 0 Å². The minimum absolute atomic E-state index is 0.311. The molecule has 2 N–H and O–H groups in total. The van der Waals surface area contributed by atoms with Crippen LogP contribution in [0, 0.1) is 0 Å². The Morgan fingerprint density at radius 1 is 1.26 bits per heavy atom. The van der Waals surface area contributed by atoms with Crippen LogP contribution in [0.3, 0.4) is 0 Å². The van der Waals surface area contributed by atoms with E-state index < -0.39 is 24.0 Å². The largest absolute Gasteiger partial charge is 0.481 e. The molecule has 0 aliphatic heterocycles. The van der Waals surface area contributed by atoms with Gasteiger partial charge in [-0.05, 0) is 26.0 Å². The van der Waals surface area contributed by atoms with Crippen LogP contribution < -0.4 is 10.1 Å². The Kier molecular flexibility index (Phi) is 5.44. The number of rotatable bonds is 5. The van der Waals surface area contributed by atoms with Crippen LogP contribution in [0.15, 0.2) is 18.2 Å². The van der Waals surface area contributed by atoms with Crippen molar-refractivity contribution in [2.24, 2.45) is 0 Å². The maximum atomic E-state index is 11.7. The van der Waals surface area contributed by atoms with E-state index in [1.165, 1.54) is 19.9 Å². The van der Waals surface area contributed by atoms with Gasteiger partial charge in [-0.1, -0.05) is 23.2 Å². The lowest BCUT2D eigenvalue weighted by Crippen LogP contribution is -2.44. The van der Waals surface area contributed by atoms with Gasteiger partial charge in [0.1, 0.15) is 11.8 Å². The van der Waals surface area contributed by atoms with Gasteiger partial charge in [0.15, 0.2) is 6.10 Å². The Bertz CT molecular complexity index is 493. The summed E-state index contributed by atoms with van der Waals surface area (Å²) < 4.78 is 5.34. The van der Waals surface area contributed by atoms with Gasteiger partial charge in [0, 0.05) is 6.07 Å². The third-order valence-corrected chi connectivity index (χ3v) is 3.04. The second-order valence-corrected chi connectivity index (χ2v) is 4.72. The van der Waals surface area contributed by atoms with Gasteiger partial charge in [0.25, 0.3) is 5.91 Å². The predicted octanol–water partition coefficient (Wildman–Crippen LogP) is 2.35. The molecule has 0 saturated carbocycles. The first kappa shape index (κ1) is 15.6. The van der Waals surface area contributed by atoms with E-state index in [1.807, 2.05) is 0 Å². The Hall–Kier alpha value is -1.46. The topological polar surface area (TPSA) is 75.6 Å². The molecule has 5 nitrogen and oxygen atoms in total. The summed E-state index contributed by atoms with van der Waals surface area (Å²) in [5.41, 5.74) is 0. The van der Waals surface area contributed by atoms with Crippen molar-refractivity contribution in [1.82, 2.24) is 5.32 Å². The molecule has 0 radical (unpaired) electrons. The number of ether oxygens (including phenoxy) is 1. The third kappa shape index (κ3) is 4.61. The van der Waals surface area contributed by atoms with Crippen LogP contribution in [0.25, 0.3) is 0 Å². The lowest BCUT2D eigenvalue weighted by molar-refractivity contribution is -0.142. The van der Waals surface area contributed by atoms with Crippen molar-refractivity contribution in [2.45, 2.75) is 26.0 Å². The second kappa shape index (κ2) is 6.63. The van der Waals surface area contributed by atoms with Gasteiger partial charge in [-0.2, -0.15) is 0 Å². The smallest absolute Gasteiger partial charge is 0.325 e. The fourth-order valence-electron chi connectivity index (χ4n) is 1.20. The van der Waals surface area contributed by atoms with Crippen molar-refractivity contribution < 1.29 is 19.4 Å². The number of hydrogen-bond donors (Lipinski definition) is 2. The van der Waals surface area contributed by atoms with Gasteiger partial charge in [0.2, 0.25) is 0 Å². The number of carbonyl (C=O) groups excluding carboxylic acids is 1. The van der Waals surface area contributed by atoms with Crippen LogP contribution in [0.1, 0.15) is 13.8 Å². The van der Waals surface area contributed by atoms with Gasteiger partial charge in [-0.3, -0.25) is 9.59 Å². The lowest BCUT2D eigenvalue weighted by atomic mass is 10.3. The van der Waals surface area contributed by atoms with Crippen molar-refractivity contribution in [3.8, 4) is 5.75 Å². The molecule has 7 heteroatoms. The summed E-state index contributed by atoms with van der Waals surface area (Å²) in [6.45, 7) is 2.87. The molecule has 0 aromatic heterocycles. The number of amides is 1. The third-order valence-electron chi connectivity index (χ3n) is 2.30. The molecule has 2 atom stereocenters. The fraction of sp³-hybridized carbons (Fsp3) is 0.333. The fourth-order valence-corrected chi connectivity index (χ4v) is 1.49. The summed E-state index contributed by atoms with van der Waals surface area (Å²) in [5, 5.41) is 11.7. The second-order valence-electron chi connectivity index (χ2n) is 3.90. The van der Waals surface area contributed by atoms with Crippen LogP contribution >= 0.6 is 23.2 Å². The maximum absolute atomic E-state index is 11.7. The Labute approximate surface area is 120 Å². The lowest BCUT2D eigenvalue weighted by Gasteiger charge is -2.16. The monoisotopic (exact) mass is 305 g/mol. The maximum Gasteiger partial charge on any atom is 0.325 e. The summed E-state index contributed by atoms with van der Waals surface area (Å²) in [5.74, 6) is -1.27. The molecule has 1 unspecified atom stereocenters. The highest BCUT2D eigenvalue weighted by Crippen LogP contribution is 2.26. The number of nitrogens with one attached hydrogen (secondary N) is 1. The Morgan fingerprint density at radius 3 is 2.42 bits per heavy atom. The van der Waals surface area contributed by atoms with E-state index in [1.54, 1.807) is 12.1 Å². The summed E-state index contributed by atoms with van der Waals surface area (Å²) in [7, 11) is 0. The van der Waals surface area contributed by atoms with Crippen LogP contribution in [-0.2, 0) is 9.59 Å². The number of halogens is 2. The minimum Gasteiger partial charge on any atom is -0.481 e. The highest BCUT2D eigenvalue weighted by atomic mass is 35.5. The van der Waals surface area contributed by atoms with E-state index in [2.05, 4.69) is 5.32 Å². The van der Waals surface area contributed by atoms with Gasteiger partial charge in [0.05, 0.1) is 10.0 Å². The Morgan fingerprint density at radius 2 is 1.89 bits per heavy atom. The van der Waals surface area contributed by atoms with E-state index in [4.69, 9.17) is 33.0 Å². The number of carbonyl (C=O) groups is 2. The molecule has 1 aromatic carbocycles. The van der Waals surface area contributed by atoms with E-state index in [9.17, 15) is 9.59 Å². The number of carboxylic acid groups (broad SMARTS) is 1. The summed E-state index contributed by atoms with van der Waals surface area (Å²) in [6.07, 6.45) is -0.848. The zero-order valence-electron chi connectivity index (χ0n) is 10.3. The zero-order chi connectivity index (χ0) is 14.6. The molecule has 0 bridgehead atoms. The molecule has 19 heavy (non-hydrogen) atoms. The average Bonchev–Trinajstić information content (AvgIpc) is 2.33. The van der Waals surface area contributed by atoms with Gasteiger partial charge < -0.3 is 15.2 Å². The highest BCUT2D eigenvalue weighted by molar-refractivity contribution is 6.42. The molecule has 1 rings (SSSR count). The number of benzene rings is 1. The van der Waals surface area contributed by atoms with Crippen molar-refractivity contribution in [2.75, 3.05) is 0 Å². The van der Waals surface area contributed by atoms with Crippen LogP contribution in [0.5, 0.6) is 5.75 Å². The van der Waals surface area contributed by atoms with E-state index in [-0.39, 0.29) is 0 Å². The molecule has 0 fully saturated rings. The average molecular weight is 306 g/mol. The molecular formula is C12H13Cl2NO4. The van der Waals surface area contributed by atoms with E-state index in [0.29, 0.717) is 15.8 Å². The summed E-state index contributed by atoms with van der Waals surface area (Å²) in [6, 6.07) is 3.61. The molecule has 0 aliphatic carbocycles. The van der Waals surface area contributed by atoms with Crippen LogP contribution in [0.2, 0.25) is 10.0 Å². The molecule has 0 spiro atoms.